The number of rotatable bonds is 6. The summed E-state index contributed by atoms with van der Waals surface area (Å²) >= 11 is 0. The van der Waals surface area contributed by atoms with Crippen LogP contribution in [0.5, 0.6) is 0 Å². The van der Waals surface area contributed by atoms with Gasteiger partial charge in [-0.25, -0.2) is 0 Å². The molecular weight excluding hydrogens is 328 g/mol. The second kappa shape index (κ2) is 8.34. The molecule has 6 nitrogen and oxygen atoms in total. The van der Waals surface area contributed by atoms with E-state index in [0.29, 0.717) is 37.3 Å². The van der Waals surface area contributed by atoms with Gasteiger partial charge in [0.2, 0.25) is 11.8 Å². The lowest BCUT2D eigenvalue weighted by Crippen LogP contribution is -2.49. The maximum absolute atomic E-state index is 12.8. The fourth-order valence-corrected chi connectivity index (χ4v) is 3.42. The van der Waals surface area contributed by atoms with Crippen LogP contribution < -0.4 is 4.90 Å². The molecule has 1 atom stereocenters. The Morgan fingerprint density at radius 1 is 1.12 bits per heavy atom. The highest BCUT2D eigenvalue weighted by molar-refractivity contribution is 5.77. The van der Waals surface area contributed by atoms with Gasteiger partial charge in [0.1, 0.15) is 0 Å². The minimum atomic E-state index is 0.229. The second-order valence-electron chi connectivity index (χ2n) is 7.17. The van der Waals surface area contributed by atoms with Crippen molar-refractivity contribution in [1.29, 1.82) is 0 Å². The average molecular weight is 356 g/mol. The van der Waals surface area contributed by atoms with Gasteiger partial charge in [-0.2, -0.15) is 0 Å². The molecule has 1 amide bonds. The zero-order valence-electron chi connectivity index (χ0n) is 15.9. The Balaban J connectivity index is 1.57. The predicted molar refractivity (Wildman–Crippen MR) is 101 cm³/mol. The largest absolute Gasteiger partial charge is 0.408 e. The van der Waals surface area contributed by atoms with Gasteiger partial charge in [-0.05, 0) is 17.4 Å². The van der Waals surface area contributed by atoms with Crippen molar-refractivity contribution >= 4 is 11.9 Å². The number of hydrogen-bond acceptors (Lipinski definition) is 5. The molecule has 3 rings (SSSR count). The first-order valence-electron chi connectivity index (χ1n) is 9.48. The Hall–Kier alpha value is -2.37. The molecule has 1 saturated heterocycles. The van der Waals surface area contributed by atoms with Gasteiger partial charge in [0.15, 0.2) is 0 Å². The lowest BCUT2D eigenvalue weighted by atomic mass is 9.85. The molecule has 2 aromatic rings. The number of aryl methyl sites for hydroxylation is 1. The van der Waals surface area contributed by atoms with E-state index in [4.69, 9.17) is 4.42 Å². The number of hydrogen-bond donors (Lipinski definition) is 0. The van der Waals surface area contributed by atoms with E-state index in [2.05, 4.69) is 41.1 Å². The van der Waals surface area contributed by atoms with Crippen molar-refractivity contribution < 1.29 is 9.21 Å². The standard InChI is InChI=1S/C20H28N4O2/c1-4-18-21-22-20(26-18)24-12-10-23(11-13-24)19(25)14-17(15(2)3)16-8-6-5-7-9-16/h5-9,15,17H,4,10-14H2,1-3H3. The summed E-state index contributed by atoms with van der Waals surface area (Å²) in [6.45, 7) is 9.22. The van der Waals surface area contributed by atoms with Crippen molar-refractivity contribution in [2.75, 3.05) is 31.1 Å². The first kappa shape index (κ1) is 18.4. The van der Waals surface area contributed by atoms with E-state index in [9.17, 15) is 4.79 Å². The third-order valence-corrected chi connectivity index (χ3v) is 5.09. The molecule has 0 N–H and O–H groups in total. The fraction of sp³-hybridized carbons (Fsp3) is 0.550. The van der Waals surface area contributed by atoms with Gasteiger partial charge in [-0.15, -0.1) is 5.10 Å². The normalized spacial score (nSPS) is 16.2. The fourth-order valence-electron chi connectivity index (χ4n) is 3.42. The number of carbonyl (C=O) groups excluding carboxylic acids is 1. The Bertz CT molecular complexity index is 706. The maximum atomic E-state index is 12.8. The Kier molecular flexibility index (Phi) is 5.91. The van der Waals surface area contributed by atoms with Crippen LogP contribution in [0.4, 0.5) is 6.01 Å². The number of nitrogens with zero attached hydrogens (tertiary/aromatic N) is 4. The Morgan fingerprint density at radius 2 is 1.81 bits per heavy atom. The van der Waals surface area contributed by atoms with Gasteiger partial charge in [-0.3, -0.25) is 4.79 Å². The van der Waals surface area contributed by atoms with Crippen molar-refractivity contribution in [3.8, 4) is 0 Å². The van der Waals surface area contributed by atoms with Crippen LogP contribution in [0.15, 0.2) is 34.7 Å². The van der Waals surface area contributed by atoms with Gasteiger partial charge in [0.05, 0.1) is 0 Å². The Labute approximate surface area is 155 Å². The first-order chi connectivity index (χ1) is 12.6. The molecule has 1 aromatic heterocycles. The van der Waals surface area contributed by atoms with E-state index >= 15 is 0 Å². The summed E-state index contributed by atoms with van der Waals surface area (Å²) in [7, 11) is 0. The summed E-state index contributed by atoms with van der Waals surface area (Å²) in [6, 6.07) is 10.9. The van der Waals surface area contributed by atoms with Gasteiger partial charge in [0.25, 0.3) is 0 Å². The molecule has 0 saturated carbocycles. The summed E-state index contributed by atoms with van der Waals surface area (Å²) in [4.78, 5) is 16.9. The molecule has 0 bridgehead atoms. The van der Waals surface area contributed by atoms with Crippen LogP contribution in [-0.2, 0) is 11.2 Å². The van der Waals surface area contributed by atoms with Crippen molar-refractivity contribution in [1.82, 2.24) is 15.1 Å². The Morgan fingerprint density at radius 3 is 2.38 bits per heavy atom. The molecule has 1 unspecified atom stereocenters. The summed E-state index contributed by atoms with van der Waals surface area (Å²) in [6.07, 6.45) is 1.30. The minimum Gasteiger partial charge on any atom is -0.408 e. The van der Waals surface area contributed by atoms with E-state index in [1.807, 2.05) is 30.0 Å². The number of benzene rings is 1. The highest BCUT2D eigenvalue weighted by Crippen LogP contribution is 2.28. The summed E-state index contributed by atoms with van der Waals surface area (Å²) in [5.41, 5.74) is 1.24. The monoisotopic (exact) mass is 356 g/mol. The van der Waals surface area contributed by atoms with E-state index in [1.54, 1.807) is 0 Å². The van der Waals surface area contributed by atoms with Crippen molar-refractivity contribution in [2.24, 2.45) is 5.92 Å². The van der Waals surface area contributed by atoms with Crippen LogP contribution in [0.1, 0.15) is 44.6 Å². The van der Waals surface area contributed by atoms with Crippen LogP contribution >= 0.6 is 0 Å². The molecule has 1 aliphatic heterocycles. The zero-order chi connectivity index (χ0) is 18.5. The molecular formula is C20H28N4O2. The lowest BCUT2D eigenvalue weighted by Gasteiger charge is -2.34. The van der Waals surface area contributed by atoms with Crippen LogP contribution in [0.3, 0.4) is 0 Å². The highest BCUT2D eigenvalue weighted by Gasteiger charge is 2.27. The predicted octanol–water partition coefficient (Wildman–Crippen LogP) is 3.11. The number of anilines is 1. The third kappa shape index (κ3) is 4.23. The number of amides is 1. The molecule has 0 radical (unpaired) electrons. The van der Waals surface area contributed by atoms with Gasteiger partial charge < -0.3 is 14.2 Å². The molecule has 0 aliphatic carbocycles. The topological polar surface area (TPSA) is 62.5 Å². The zero-order valence-corrected chi connectivity index (χ0v) is 15.9. The molecule has 1 aromatic carbocycles. The second-order valence-corrected chi connectivity index (χ2v) is 7.17. The van der Waals surface area contributed by atoms with Gasteiger partial charge >= 0.3 is 6.01 Å². The van der Waals surface area contributed by atoms with Gasteiger partial charge in [-0.1, -0.05) is 56.2 Å². The lowest BCUT2D eigenvalue weighted by molar-refractivity contribution is -0.132. The van der Waals surface area contributed by atoms with Crippen LogP contribution in [0.2, 0.25) is 0 Å². The molecule has 0 spiro atoms. The molecule has 6 heteroatoms. The first-order valence-corrected chi connectivity index (χ1v) is 9.48. The molecule has 1 fully saturated rings. The van der Waals surface area contributed by atoms with Crippen molar-refractivity contribution in [2.45, 2.75) is 39.5 Å². The summed E-state index contributed by atoms with van der Waals surface area (Å²) in [5.74, 6) is 1.56. The van der Waals surface area contributed by atoms with E-state index < -0.39 is 0 Å². The summed E-state index contributed by atoms with van der Waals surface area (Å²) < 4.78 is 5.62. The average Bonchev–Trinajstić information content (AvgIpc) is 3.16. The van der Waals surface area contributed by atoms with Crippen molar-refractivity contribution in [3.05, 3.63) is 41.8 Å². The molecule has 140 valence electrons. The quantitative estimate of drug-likeness (QED) is 0.796. The van der Waals surface area contributed by atoms with E-state index in [1.165, 1.54) is 5.56 Å². The minimum absolute atomic E-state index is 0.229. The molecule has 1 aliphatic rings. The number of piperazine rings is 1. The SMILES string of the molecule is CCc1nnc(N2CCN(C(=O)CC(c3ccccc3)C(C)C)CC2)o1. The van der Waals surface area contributed by atoms with E-state index in [0.717, 1.165) is 19.5 Å². The van der Waals surface area contributed by atoms with Crippen molar-refractivity contribution in [3.63, 3.8) is 0 Å². The molecule has 2 heterocycles. The highest BCUT2D eigenvalue weighted by atomic mass is 16.4. The van der Waals surface area contributed by atoms with Crippen LogP contribution in [0.25, 0.3) is 0 Å². The third-order valence-electron chi connectivity index (χ3n) is 5.09. The van der Waals surface area contributed by atoms with Crippen LogP contribution in [-0.4, -0.2) is 47.2 Å². The van der Waals surface area contributed by atoms with E-state index in [-0.39, 0.29) is 11.8 Å². The number of aromatic nitrogens is 2. The number of carbonyl (C=O) groups is 1. The molecule has 26 heavy (non-hydrogen) atoms. The van der Waals surface area contributed by atoms with Gasteiger partial charge in [0, 0.05) is 39.0 Å². The summed E-state index contributed by atoms with van der Waals surface area (Å²) in [5, 5.41) is 8.12. The van der Waals surface area contributed by atoms with Crippen LogP contribution in [0, 0.1) is 5.92 Å². The maximum Gasteiger partial charge on any atom is 0.318 e. The smallest absolute Gasteiger partial charge is 0.318 e.